The number of fused-ring (bicyclic) bond motifs is 1. The molecule has 4 rings (SSSR count). The summed E-state index contributed by atoms with van der Waals surface area (Å²) in [6.45, 7) is 5.16. The van der Waals surface area contributed by atoms with Gasteiger partial charge in [-0.2, -0.15) is 5.26 Å². The van der Waals surface area contributed by atoms with Crippen molar-refractivity contribution in [3.63, 3.8) is 0 Å². The Balaban J connectivity index is 1.74. The number of benzene rings is 1. The molecule has 1 fully saturated rings. The van der Waals surface area contributed by atoms with Crippen molar-refractivity contribution in [2.24, 2.45) is 7.05 Å². The summed E-state index contributed by atoms with van der Waals surface area (Å²) in [7, 11) is 5.12. The second-order valence-electron chi connectivity index (χ2n) is 9.34. The van der Waals surface area contributed by atoms with Gasteiger partial charge in [-0.3, -0.25) is 14.5 Å². The predicted octanol–water partition coefficient (Wildman–Crippen LogP) is 2.67. The largest absolute Gasteiger partial charge is 0.364 e. The van der Waals surface area contributed by atoms with Crippen LogP contribution in [0.5, 0.6) is 0 Å². The van der Waals surface area contributed by atoms with E-state index in [9.17, 15) is 19.2 Å². The number of hydrogen-bond donors (Lipinski definition) is 0. The summed E-state index contributed by atoms with van der Waals surface area (Å²) in [4.78, 5) is 36.3. The highest BCUT2D eigenvalue weighted by atomic mass is 19.1. The number of likely N-dealkylation sites (N-methyl/N-ethyl adjacent to an activating group) is 1. The minimum Gasteiger partial charge on any atom is -0.364 e. The molecule has 8 nitrogen and oxygen atoms in total. The molecule has 0 radical (unpaired) electrons. The minimum absolute atomic E-state index is 0.0630. The molecule has 1 aliphatic heterocycles. The van der Waals surface area contributed by atoms with Gasteiger partial charge in [0.25, 0.3) is 5.56 Å². The van der Waals surface area contributed by atoms with Gasteiger partial charge < -0.3 is 14.4 Å². The number of halogens is 1. The van der Waals surface area contributed by atoms with Gasteiger partial charge in [0.15, 0.2) is 0 Å². The number of nitriles is 1. The topological polar surface area (TPSA) is 85.5 Å². The third kappa shape index (κ3) is 4.49. The van der Waals surface area contributed by atoms with E-state index in [1.807, 2.05) is 13.8 Å². The van der Waals surface area contributed by atoms with Crippen LogP contribution in [0.25, 0.3) is 11.0 Å². The van der Waals surface area contributed by atoms with Crippen LogP contribution in [0.4, 0.5) is 10.1 Å². The van der Waals surface area contributed by atoms with Crippen molar-refractivity contribution in [2.75, 3.05) is 32.1 Å². The molecular formula is C26H29FN6O2. The number of carbonyl (C=O) groups excluding carboxylic acids is 1. The summed E-state index contributed by atoms with van der Waals surface area (Å²) < 4.78 is 15.1. The van der Waals surface area contributed by atoms with Gasteiger partial charge in [-0.25, -0.2) is 9.37 Å². The summed E-state index contributed by atoms with van der Waals surface area (Å²) in [5.74, 6) is -0.429. The van der Waals surface area contributed by atoms with Gasteiger partial charge in [0.1, 0.15) is 29.1 Å². The maximum atomic E-state index is 13.6. The molecule has 3 atom stereocenters. The van der Waals surface area contributed by atoms with Gasteiger partial charge in [-0.15, -0.1) is 0 Å². The van der Waals surface area contributed by atoms with Crippen molar-refractivity contribution >= 4 is 22.6 Å². The molecule has 35 heavy (non-hydrogen) atoms. The Hall–Kier alpha value is -3.77. The molecule has 1 aromatic carbocycles. The smallest absolute Gasteiger partial charge is 0.252 e. The zero-order chi connectivity index (χ0) is 25.4. The van der Waals surface area contributed by atoms with Crippen LogP contribution in [-0.2, 0) is 11.8 Å². The van der Waals surface area contributed by atoms with Crippen molar-refractivity contribution < 1.29 is 9.18 Å². The Labute approximate surface area is 203 Å². The normalized spacial score (nSPS) is 19.4. The Morgan fingerprint density at radius 3 is 2.46 bits per heavy atom. The van der Waals surface area contributed by atoms with Gasteiger partial charge in [0.2, 0.25) is 5.91 Å². The van der Waals surface area contributed by atoms with Gasteiger partial charge in [-0.05, 0) is 43.7 Å². The van der Waals surface area contributed by atoms with Crippen molar-refractivity contribution in [1.82, 2.24) is 19.4 Å². The fraction of sp³-hybridized carbons (Fsp3) is 0.385. The number of amides is 1. The number of rotatable bonds is 4. The lowest BCUT2D eigenvalue weighted by molar-refractivity contribution is -0.136. The highest BCUT2D eigenvalue weighted by Crippen LogP contribution is 2.33. The van der Waals surface area contributed by atoms with E-state index < -0.39 is 6.04 Å². The van der Waals surface area contributed by atoms with E-state index in [1.165, 1.54) is 16.7 Å². The summed E-state index contributed by atoms with van der Waals surface area (Å²) in [6, 6.07) is 12.4. The van der Waals surface area contributed by atoms with Crippen LogP contribution in [-0.4, -0.2) is 64.5 Å². The molecule has 3 heterocycles. The maximum Gasteiger partial charge on any atom is 0.252 e. The van der Waals surface area contributed by atoms with E-state index in [1.54, 1.807) is 56.4 Å². The fourth-order valence-electron chi connectivity index (χ4n) is 4.81. The van der Waals surface area contributed by atoms with Crippen molar-refractivity contribution in [3.05, 3.63) is 69.9 Å². The lowest BCUT2D eigenvalue weighted by atomic mass is 9.98. The summed E-state index contributed by atoms with van der Waals surface area (Å²) in [5, 5.41) is 9.37. The number of nitrogens with zero attached hydrogens (tertiary/aromatic N) is 6. The number of piperazine rings is 1. The second-order valence-corrected chi connectivity index (χ2v) is 9.34. The molecule has 182 valence electrons. The molecular weight excluding hydrogens is 447 g/mol. The Kier molecular flexibility index (Phi) is 6.59. The van der Waals surface area contributed by atoms with Crippen LogP contribution in [0.15, 0.2) is 47.3 Å². The van der Waals surface area contributed by atoms with E-state index in [0.29, 0.717) is 29.8 Å². The Morgan fingerprint density at radius 1 is 1.14 bits per heavy atom. The van der Waals surface area contributed by atoms with E-state index in [2.05, 4.69) is 20.9 Å². The Bertz CT molecular complexity index is 1360. The van der Waals surface area contributed by atoms with E-state index in [4.69, 9.17) is 0 Å². The zero-order valence-electron chi connectivity index (χ0n) is 20.6. The SMILES string of the molecule is C[C@@H]1CN(c2cc(=O)n(C)c3ccc(C#N)nc23)[C@@H](C)CN1C(C(=O)N(C)C)c1ccc(F)cc1. The van der Waals surface area contributed by atoms with Crippen LogP contribution in [0.3, 0.4) is 0 Å². The van der Waals surface area contributed by atoms with Crippen molar-refractivity contribution in [3.8, 4) is 6.07 Å². The molecule has 1 aliphatic rings. The number of aromatic nitrogens is 2. The average molecular weight is 477 g/mol. The number of carbonyl (C=O) groups is 1. The van der Waals surface area contributed by atoms with Crippen LogP contribution in [0, 0.1) is 17.1 Å². The second kappa shape index (κ2) is 9.47. The van der Waals surface area contributed by atoms with E-state index in [0.717, 1.165) is 5.56 Å². The maximum absolute atomic E-state index is 13.6. The van der Waals surface area contributed by atoms with Crippen LogP contribution in [0.1, 0.15) is 31.1 Å². The summed E-state index contributed by atoms with van der Waals surface area (Å²) in [6.07, 6.45) is 0. The van der Waals surface area contributed by atoms with Gasteiger partial charge in [0.05, 0.1) is 11.2 Å². The molecule has 0 saturated carbocycles. The molecule has 1 amide bonds. The first-order valence-electron chi connectivity index (χ1n) is 11.5. The van der Waals surface area contributed by atoms with Crippen LogP contribution >= 0.6 is 0 Å². The lowest BCUT2D eigenvalue weighted by Crippen LogP contribution is -2.59. The van der Waals surface area contributed by atoms with Gasteiger partial charge >= 0.3 is 0 Å². The first kappa shape index (κ1) is 24.4. The van der Waals surface area contributed by atoms with E-state index in [-0.39, 0.29) is 35.1 Å². The number of pyridine rings is 2. The number of aryl methyl sites for hydroxylation is 1. The Morgan fingerprint density at radius 2 is 1.83 bits per heavy atom. The lowest BCUT2D eigenvalue weighted by Gasteiger charge is -2.48. The molecule has 1 unspecified atom stereocenters. The number of hydrogen-bond acceptors (Lipinski definition) is 6. The third-order valence-electron chi connectivity index (χ3n) is 6.72. The molecule has 0 N–H and O–H groups in total. The summed E-state index contributed by atoms with van der Waals surface area (Å²) >= 11 is 0. The highest BCUT2D eigenvalue weighted by Gasteiger charge is 2.38. The monoisotopic (exact) mass is 476 g/mol. The van der Waals surface area contributed by atoms with Crippen molar-refractivity contribution in [2.45, 2.75) is 32.0 Å². The molecule has 0 bridgehead atoms. The standard InChI is InChI=1S/C26H29FN6O2/c1-16-15-33(25(26(35)30(3)4)18-6-8-19(27)9-7-18)17(2)14-32(16)22-12-23(34)31(5)21-11-10-20(13-28)29-24(21)22/h6-12,16-17,25H,14-15H2,1-5H3/t16-,17+,25?/m0/s1. The minimum atomic E-state index is -0.561. The van der Waals surface area contributed by atoms with Crippen LogP contribution in [0.2, 0.25) is 0 Å². The predicted molar refractivity (Wildman–Crippen MR) is 133 cm³/mol. The third-order valence-corrected chi connectivity index (χ3v) is 6.72. The van der Waals surface area contributed by atoms with Crippen molar-refractivity contribution in [1.29, 1.82) is 5.26 Å². The van der Waals surface area contributed by atoms with Gasteiger partial charge in [-0.1, -0.05) is 12.1 Å². The molecule has 0 spiro atoms. The first-order valence-corrected chi connectivity index (χ1v) is 11.5. The molecule has 0 aliphatic carbocycles. The van der Waals surface area contributed by atoms with E-state index >= 15 is 0 Å². The first-order chi connectivity index (χ1) is 16.6. The number of anilines is 1. The molecule has 3 aromatic rings. The zero-order valence-corrected chi connectivity index (χ0v) is 20.6. The average Bonchev–Trinajstić information content (AvgIpc) is 2.84. The van der Waals surface area contributed by atoms with Gasteiger partial charge in [0, 0.05) is 52.4 Å². The highest BCUT2D eigenvalue weighted by molar-refractivity contribution is 5.89. The molecule has 1 saturated heterocycles. The fourth-order valence-corrected chi connectivity index (χ4v) is 4.81. The quantitative estimate of drug-likeness (QED) is 0.576. The van der Waals surface area contributed by atoms with Crippen LogP contribution < -0.4 is 10.5 Å². The molecule has 9 heteroatoms. The summed E-state index contributed by atoms with van der Waals surface area (Å²) in [5.41, 5.74) is 2.78. The molecule has 2 aromatic heterocycles.